The molecule has 2 heterocycles. The second kappa shape index (κ2) is 6.89. The van der Waals surface area contributed by atoms with Crippen LogP contribution in [0.2, 0.25) is 0 Å². The van der Waals surface area contributed by atoms with Crippen molar-refractivity contribution in [1.29, 1.82) is 0 Å². The highest BCUT2D eigenvalue weighted by Gasteiger charge is 2.22. The number of nitrogens with one attached hydrogen (secondary N) is 1. The molecule has 0 aliphatic carbocycles. The van der Waals surface area contributed by atoms with E-state index in [1.54, 1.807) is 4.90 Å². The SMILES string of the molecule is O=C(NC[C@H]1CCCO1)N1CCN(CCF)CC1. The molecular weight excluding hydrogens is 237 g/mol. The third-order valence-corrected chi connectivity index (χ3v) is 3.57. The van der Waals surface area contributed by atoms with Crippen LogP contribution in [0.15, 0.2) is 0 Å². The van der Waals surface area contributed by atoms with Gasteiger partial charge >= 0.3 is 6.03 Å². The van der Waals surface area contributed by atoms with E-state index in [0.29, 0.717) is 26.2 Å². The molecule has 2 rings (SSSR count). The molecule has 2 aliphatic rings. The fourth-order valence-corrected chi connectivity index (χ4v) is 2.41. The molecular formula is C12H22FN3O2. The van der Waals surface area contributed by atoms with Gasteiger partial charge in [0.25, 0.3) is 0 Å². The highest BCUT2D eigenvalue weighted by atomic mass is 19.1. The molecule has 2 amide bonds. The van der Waals surface area contributed by atoms with Gasteiger partial charge in [0, 0.05) is 45.9 Å². The summed E-state index contributed by atoms with van der Waals surface area (Å²) >= 11 is 0. The lowest BCUT2D eigenvalue weighted by Crippen LogP contribution is -2.52. The first-order valence-corrected chi connectivity index (χ1v) is 6.72. The Balaban J connectivity index is 1.64. The van der Waals surface area contributed by atoms with E-state index in [0.717, 1.165) is 32.5 Å². The van der Waals surface area contributed by atoms with Crippen LogP contribution in [0.5, 0.6) is 0 Å². The number of carbonyl (C=O) groups is 1. The van der Waals surface area contributed by atoms with Gasteiger partial charge in [-0.3, -0.25) is 4.90 Å². The van der Waals surface area contributed by atoms with E-state index in [1.165, 1.54) is 0 Å². The summed E-state index contributed by atoms with van der Waals surface area (Å²) in [6.07, 6.45) is 2.30. The Morgan fingerprint density at radius 1 is 1.33 bits per heavy atom. The number of hydrogen-bond donors (Lipinski definition) is 1. The summed E-state index contributed by atoms with van der Waals surface area (Å²) in [6.45, 7) is 4.45. The second-order valence-electron chi connectivity index (χ2n) is 4.84. The highest BCUT2D eigenvalue weighted by Crippen LogP contribution is 2.10. The summed E-state index contributed by atoms with van der Waals surface area (Å²) < 4.78 is 17.6. The molecule has 0 unspecified atom stereocenters. The quantitative estimate of drug-likeness (QED) is 0.798. The Hall–Kier alpha value is -0.880. The lowest BCUT2D eigenvalue weighted by molar-refractivity contribution is 0.104. The third-order valence-electron chi connectivity index (χ3n) is 3.57. The van der Waals surface area contributed by atoms with Crippen LogP contribution in [0.1, 0.15) is 12.8 Å². The Morgan fingerprint density at radius 2 is 2.11 bits per heavy atom. The minimum absolute atomic E-state index is 0.0228. The van der Waals surface area contributed by atoms with Crippen molar-refractivity contribution in [3.63, 3.8) is 0 Å². The number of nitrogens with zero attached hydrogens (tertiary/aromatic N) is 2. The number of halogens is 1. The fourth-order valence-electron chi connectivity index (χ4n) is 2.41. The smallest absolute Gasteiger partial charge is 0.317 e. The maximum absolute atomic E-state index is 12.2. The van der Waals surface area contributed by atoms with Crippen LogP contribution < -0.4 is 5.32 Å². The van der Waals surface area contributed by atoms with Crippen LogP contribution in [-0.2, 0) is 4.74 Å². The lowest BCUT2D eigenvalue weighted by atomic mass is 10.2. The number of piperazine rings is 1. The molecule has 0 aromatic heterocycles. The normalized spacial score (nSPS) is 25.4. The molecule has 0 aromatic rings. The van der Waals surface area contributed by atoms with Gasteiger partial charge in [-0.2, -0.15) is 0 Å². The Bertz CT molecular complexity index is 264. The van der Waals surface area contributed by atoms with Crippen molar-refractivity contribution in [1.82, 2.24) is 15.1 Å². The number of hydrogen-bond acceptors (Lipinski definition) is 3. The first-order valence-electron chi connectivity index (χ1n) is 6.72. The Labute approximate surface area is 107 Å². The molecule has 6 heteroatoms. The molecule has 2 aliphatic heterocycles. The number of rotatable bonds is 4. The van der Waals surface area contributed by atoms with Gasteiger partial charge in [0.05, 0.1) is 6.10 Å². The van der Waals surface area contributed by atoms with Gasteiger partial charge in [-0.05, 0) is 12.8 Å². The van der Waals surface area contributed by atoms with Crippen molar-refractivity contribution >= 4 is 6.03 Å². The van der Waals surface area contributed by atoms with Crippen molar-refractivity contribution in [3.8, 4) is 0 Å². The first-order chi connectivity index (χ1) is 8.79. The third kappa shape index (κ3) is 3.81. The predicted octanol–water partition coefficient (Wildman–Crippen LogP) is 0.462. The van der Waals surface area contributed by atoms with E-state index >= 15 is 0 Å². The minimum atomic E-state index is -0.314. The number of alkyl halides is 1. The van der Waals surface area contributed by atoms with Crippen LogP contribution >= 0.6 is 0 Å². The summed E-state index contributed by atoms with van der Waals surface area (Å²) in [5, 5.41) is 2.91. The van der Waals surface area contributed by atoms with Crippen molar-refractivity contribution in [3.05, 3.63) is 0 Å². The molecule has 1 N–H and O–H groups in total. The summed E-state index contributed by atoms with van der Waals surface area (Å²) in [5.41, 5.74) is 0. The molecule has 0 radical (unpaired) electrons. The van der Waals surface area contributed by atoms with E-state index in [-0.39, 0.29) is 18.8 Å². The van der Waals surface area contributed by atoms with E-state index in [4.69, 9.17) is 4.74 Å². The number of amides is 2. The van der Waals surface area contributed by atoms with Gasteiger partial charge in [-0.1, -0.05) is 0 Å². The molecule has 2 fully saturated rings. The van der Waals surface area contributed by atoms with E-state index < -0.39 is 0 Å². The molecule has 104 valence electrons. The molecule has 0 aromatic carbocycles. The van der Waals surface area contributed by atoms with Crippen molar-refractivity contribution in [2.24, 2.45) is 0 Å². The monoisotopic (exact) mass is 259 g/mol. The highest BCUT2D eigenvalue weighted by molar-refractivity contribution is 5.74. The lowest BCUT2D eigenvalue weighted by Gasteiger charge is -2.34. The summed E-state index contributed by atoms with van der Waals surface area (Å²) in [5.74, 6) is 0. The number of urea groups is 1. The Kier molecular flexibility index (Phi) is 5.19. The predicted molar refractivity (Wildman–Crippen MR) is 66.4 cm³/mol. The molecule has 0 bridgehead atoms. The summed E-state index contributed by atoms with van der Waals surface area (Å²) in [6, 6.07) is -0.0228. The molecule has 0 saturated carbocycles. The van der Waals surface area contributed by atoms with Gasteiger partial charge in [-0.25, -0.2) is 9.18 Å². The first kappa shape index (κ1) is 13.5. The fraction of sp³-hybridized carbons (Fsp3) is 0.917. The number of ether oxygens (including phenoxy) is 1. The van der Waals surface area contributed by atoms with Gasteiger partial charge < -0.3 is 15.0 Å². The maximum atomic E-state index is 12.2. The van der Waals surface area contributed by atoms with Crippen LogP contribution in [-0.4, -0.2) is 74.5 Å². The van der Waals surface area contributed by atoms with Gasteiger partial charge in [0.2, 0.25) is 0 Å². The van der Waals surface area contributed by atoms with E-state index in [1.807, 2.05) is 4.90 Å². The number of carbonyl (C=O) groups excluding carboxylic acids is 1. The Morgan fingerprint density at radius 3 is 2.72 bits per heavy atom. The van der Waals surface area contributed by atoms with Gasteiger partial charge in [0.1, 0.15) is 6.67 Å². The average Bonchev–Trinajstić information content (AvgIpc) is 2.90. The zero-order valence-corrected chi connectivity index (χ0v) is 10.7. The van der Waals surface area contributed by atoms with Crippen molar-refractivity contribution in [2.45, 2.75) is 18.9 Å². The molecule has 18 heavy (non-hydrogen) atoms. The maximum Gasteiger partial charge on any atom is 0.317 e. The molecule has 0 spiro atoms. The minimum Gasteiger partial charge on any atom is -0.376 e. The van der Waals surface area contributed by atoms with Crippen molar-refractivity contribution in [2.75, 3.05) is 52.6 Å². The average molecular weight is 259 g/mol. The van der Waals surface area contributed by atoms with Crippen LogP contribution in [0.3, 0.4) is 0 Å². The molecule has 1 atom stereocenters. The van der Waals surface area contributed by atoms with Crippen LogP contribution in [0.25, 0.3) is 0 Å². The van der Waals surface area contributed by atoms with Crippen LogP contribution in [0, 0.1) is 0 Å². The molecule has 5 nitrogen and oxygen atoms in total. The molecule has 2 saturated heterocycles. The summed E-state index contributed by atoms with van der Waals surface area (Å²) in [4.78, 5) is 15.7. The topological polar surface area (TPSA) is 44.8 Å². The van der Waals surface area contributed by atoms with E-state index in [2.05, 4.69) is 5.32 Å². The zero-order valence-electron chi connectivity index (χ0n) is 10.7. The summed E-state index contributed by atoms with van der Waals surface area (Å²) in [7, 11) is 0. The van der Waals surface area contributed by atoms with Gasteiger partial charge in [0.15, 0.2) is 0 Å². The standard InChI is InChI=1S/C12H22FN3O2/c13-3-4-15-5-7-16(8-6-15)12(17)14-10-11-2-1-9-18-11/h11H,1-10H2,(H,14,17)/t11-/m1/s1. The van der Waals surface area contributed by atoms with E-state index in [9.17, 15) is 9.18 Å². The zero-order chi connectivity index (χ0) is 12.8. The van der Waals surface area contributed by atoms with Crippen LogP contribution in [0.4, 0.5) is 9.18 Å². The second-order valence-corrected chi connectivity index (χ2v) is 4.84. The largest absolute Gasteiger partial charge is 0.376 e. The van der Waals surface area contributed by atoms with Crippen molar-refractivity contribution < 1.29 is 13.9 Å². The van der Waals surface area contributed by atoms with Gasteiger partial charge in [-0.15, -0.1) is 0 Å².